The van der Waals surface area contributed by atoms with Crippen LogP contribution in [0.2, 0.25) is 0 Å². The molecule has 10 aliphatic carbocycles. The van der Waals surface area contributed by atoms with Crippen LogP contribution in [0.1, 0.15) is 250 Å². The van der Waals surface area contributed by atoms with Crippen molar-refractivity contribution in [2.75, 3.05) is 25.5 Å². The highest BCUT2D eigenvalue weighted by atomic mass is 35.5. The lowest BCUT2D eigenvalue weighted by atomic mass is 9.81. The smallest absolute Gasteiger partial charge is 0.302 e. The summed E-state index contributed by atoms with van der Waals surface area (Å²) in [5, 5.41) is 25.7. The number of halogens is 2. The number of ether oxygens (including phenoxy) is 4. The van der Waals surface area contributed by atoms with Gasteiger partial charge in [-0.1, -0.05) is 51.8 Å². The third-order valence-electron chi connectivity index (χ3n) is 25.8. The van der Waals surface area contributed by atoms with Gasteiger partial charge in [-0.05, 0) is 241 Å². The molecule has 10 saturated carbocycles. The molecule has 0 spiro atoms. The second-order valence-electron chi connectivity index (χ2n) is 35.9. The van der Waals surface area contributed by atoms with Crippen LogP contribution in [0.3, 0.4) is 0 Å². The Morgan fingerprint density at radius 1 is 0.514 bits per heavy atom. The fraction of sp³-hybridized carbons (Fsp3) is 0.872. The number of hydrogen-bond donors (Lipinski definition) is 2. The average Bonchev–Trinajstić information content (AvgIpc) is 1.65. The molecule has 582 valence electrons. The van der Waals surface area contributed by atoms with Gasteiger partial charge in [-0.25, -0.2) is 17.5 Å². The number of aliphatic hydroxyl groups is 1. The number of rotatable bonds is 13. The number of likely N-dealkylation sites (tertiary alicyclic amines) is 3. The summed E-state index contributed by atoms with van der Waals surface area (Å²) in [6, 6.07) is 1.23. The maximum Gasteiger partial charge on any atom is 0.302 e. The summed E-state index contributed by atoms with van der Waals surface area (Å²) in [6.07, 6.45) is 23.6. The predicted molar refractivity (Wildman–Crippen MR) is 391 cm³/mol. The van der Waals surface area contributed by atoms with Crippen molar-refractivity contribution in [3.05, 3.63) is 43.7 Å². The lowest BCUT2D eigenvalue weighted by Gasteiger charge is -2.27. The molecular formula is C78H119ClFN13O12. The van der Waals surface area contributed by atoms with Crippen LogP contribution in [-0.2, 0) is 52.5 Å². The molecule has 13 aliphatic rings. The number of amides is 3. The van der Waals surface area contributed by atoms with E-state index in [1.54, 1.807) is 9.80 Å². The first kappa shape index (κ1) is 84.1. The highest BCUT2D eigenvalue weighted by molar-refractivity contribution is 6.27. The van der Waals surface area contributed by atoms with Gasteiger partial charge in [0, 0.05) is 99.3 Å². The summed E-state index contributed by atoms with van der Waals surface area (Å²) < 4.78 is 34.0. The highest BCUT2D eigenvalue weighted by Gasteiger charge is 2.53. The van der Waals surface area contributed by atoms with E-state index in [2.05, 4.69) is 64.4 Å². The molecule has 105 heavy (non-hydrogen) atoms. The molecule has 26 atom stereocenters. The Balaban J connectivity index is 0.000000163. The van der Waals surface area contributed by atoms with Crippen LogP contribution in [0, 0.1) is 106 Å². The van der Waals surface area contributed by atoms with E-state index in [1.807, 2.05) is 19.9 Å². The molecule has 3 N–H and O–H groups in total. The van der Waals surface area contributed by atoms with E-state index < -0.39 is 12.2 Å². The Bertz CT molecular complexity index is 3160. The fourth-order valence-electron chi connectivity index (χ4n) is 22.0. The van der Waals surface area contributed by atoms with E-state index in [0.717, 1.165) is 167 Å². The molecule has 13 rings (SSSR count). The number of aliphatic hydroxyl groups excluding tert-OH is 1. The standard InChI is InChI=1S/2C20H30N2O3.C11H17N3O2.C11H19NO2.C9H15N3O.C7H8ClFN2O/c2*1-13-7-18(21-4)22(12-13)19(24)5-6-20(3)10-15-8-17(25-14(2)23)9-16(15)11-20;1-7(15)16-10-3-8-5-11(2,13-14-12)6-9(8)4-10;1-7(13)14-10-3-8-5-11(2,12)6-9(8)4-10;1-9(11-12-10)4-6-2-8(13)3-7(6)5-9;8-2-7(12)11-4-5(9)1-6(11)3-10/h2*13,15-18H,5-12H2,1-3H3;8-10H,3-6H2,1-2H3;8-10H,3-6,12H2,1-2H3;6-8,13H,2-5H2,1H3;5-6H,1-2,4H2/t2*13-,15-,16+,17?,18-,20?;2*8-,9+,10?,11?;6-,7+,8?,9?;5-,6-/m00...0/s1. The van der Waals surface area contributed by atoms with Gasteiger partial charge in [-0.2, -0.15) is 5.26 Å². The molecule has 10 unspecified atom stereocenters. The van der Waals surface area contributed by atoms with Gasteiger partial charge in [-0.15, -0.1) is 11.6 Å². The van der Waals surface area contributed by atoms with Crippen molar-refractivity contribution < 1.29 is 62.0 Å². The molecule has 0 bridgehead atoms. The molecule has 3 heterocycles. The van der Waals surface area contributed by atoms with Crippen molar-refractivity contribution in [1.29, 1.82) is 5.26 Å². The van der Waals surface area contributed by atoms with Gasteiger partial charge in [0.2, 0.25) is 17.7 Å². The van der Waals surface area contributed by atoms with E-state index >= 15 is 0 Å². The summed E-state index contributed by atoms with van der Waals surface area (Å²) in [5.74, 6) is 6.12. The lowest BCUT2D eigenvalue weighted by Crippen LogP contribution is -2.35. The molecule has 3 amide bonds. The fourth-order valence-corrected chi connectivity index (χ4v) is 22.2. The van der Waals surface area contributed by atoms with E-state index in [-0.39, 0.29) is 131 Å². The van der Waals surface area contributed by atoms with Crippen molar-refractivity contribution in [2.45, 2.75) is 321 Å². The number of esters is 4. The maximum atomic E-state index is 12.7. The minimum absolute atomic E-state index is 0.00375. The zero-order chi connectivity index (χ0) is 77.1. The maximum absolute atomic E-state index is 12.7. The largest absolute Gasteiger partial charge is 0.463 e. The lowest BCUT2D eigenvalue weighted by molar-refractivity contribution is -0.147. The summed E-state index contributed by atoms with van der Waals surface area (Å²) in [4.78, 5) is 98.0. The Morgan fingerprint density at radius 3 is 1.10 bits per heavy atom. The van der Waals surface area contributed by atoms with Crippen molar-refractivity contribution in [3.63, 3.8) is 0 Å². The summed E-state index contributed by atoms with van der Waals surface area (Å²) in [5.41, 5.74) is 23.1. The van der Waals surface area contributed by atoms with Gasteiger partial charge in [0.05, 0.1) is 18.7 Å². The van der Waals surface area contributed by atoms with E-state index in [1.165, 1.54) is 32.6 Å². The average molecular weight is 1490 g/mol. The number of nitriles is 1. The first-order valence-electron chi connectivity index (χ1n) is 38.9. The molecule has 0 aromatic rings. The highest BCUT2D eigenvalue weighted by Crippen LogP contribution is 2.58. The van der Waals surface area contributed by atoms with Crippen LogP contribution in [0.5, 0.6) is 0 Å². The van der Waals surface area contributed by atoms with E-state index in [9.17, 15) is 43.1 Å². The number of alkyl halides is 2. The molecular weight excluding hydrogens is 1370 g/mol. The molecule has 0 aromatic carbocycles. The van der Waals surface area contributed by atoms with Crippen LogP contribution in [0.4, 0.5) is 4.39 Å². The number of nitrogens with zero attached hydrogens (tertiary/aromatic N) is 12. The van der Waals surface area contributed by atoms with Crippen LogP contribution >= 0.6 is 11.6 Å². The van der Waals surface area contributed by atoms with Crippen molar-refractivity contribution in [3.8, 4) is 6.07 Å². The zero-order valence-corrected chi connectivity index (χ0v) is 64.9. The molecule has 25 nitrogen and oxygen atoms in total. The Morgan fingerprint density at radius 2 is 0.819 bits per heavy atom. The van der Waals surface area contributed by atoms with Crippen LogP contribution in [0.15, 0.2) is 10.2 Å². The molecule has 0 aromatic heterocycles. The van der Waals surface area contributed by atoms with Gasteiger partial charge in [0.1, 0.15) is 42.5 Å². The summed E-state index contributed by atoms with van der Waals surface area (Å²) in [6.45, 7) is 37.0. The minimum Gasteiger partial charge on any atom is -0.463 e. The van der Waals surface area contributed by atoms with Crippen molar-refractivity contribution >= 4 is 53.2 Å². The number of hydrogen-bond acceptors (Lipinski definition) is 16. The van der Waals surface area contributed by atoms with Gasteiger partial charge < -0.3 is 34.7 Å². The Hall–Kier alpha value is -6.48. The topological polar surface area (TPSA) is 342 Å². The number of fused-ring (bicyclic) bond motifs is 5. The van der Waals surface area contributed by atoms with E-state index in [0.29, 0.717) is 83.9 Å². The SMILES string of the molecule is CC(=O)OC1C[C@@H]2CC(C)(N)C[C@@H]2C1.CC(=O)OC1C[C@@H]2CC(C)(N=[N+]=[N-])C[C@@H]2C1.CC1(N=[N+]=[N-])C[C@H]2CC(O)C[C@H]2C1.N#C[C@@H]1C[C@H](F)CN1C(=O)CCl.[C-]#[N+][C@@H]1C[C@H](C)CN1C(=O)CCC1(C)C[C@H]2CC(OC(C)=O)C[C@H]2C1.[C-]#[N+][C@@H]1C[C@H](C)CN1C(=O)CCC1(C)C[C@H]2CC(OC(C)=O)C[C@H]2C1. The van der Waals surface area contributed by atoms with Crippen LogP contribution in [0.25, 0.3) is 30.6 Å². The van der Waals surface area contributed by atoms with Crippen LogP contribution in [-0.4, -0.2) is 159 Å². The molecule has 0 radical (unpaired) electrons. The molecule has 13 fully saturated rings. The van der Waals surface area contributed by atoms with Gasteiger partial charge in [0.15, 0.2) is 0 Å². The Labute approximate surface area is 626 Å². The number of azide groups is 2. The van der Waals surface area contributed by atoms with Crippen molar-refractivity contribution in [1.82, 2.24) is 14.7 Å². The van der Waals surface area contributed by atoms with Gasteiger partial charge in [0.25, 0.3) is 0 Å². The van der Waals surface area contributed by atoms with Crippen molar-refractivity contribution in [2.24, 2.45) is 97.8 Å². The molecule has 3 aliphatic heterocycles. The summed E-state index contributed by atoms with van der Waals surface area (Å²) in [7, 11) is 0. The normalized spacial score (nSPS) is 40.8. The van der Waals surface area contributed by atoms with Gasteiger partial charge >= 0.3 is 36.2 Å². The second kappa shape index (κ2) is 36.2. The van der Waals surface area contributed by atoms with Crippen LogP contribution < -0.4 is 5.73 Å². The summed E-state index contributed by atoms with van der Waals surface area (Å²) >= 11 is 5.28. The zero-order valence-electron chi connectivity index (χ0n) is 64.2. The number of nitrogens with two attached hydrogens (primary N) is 1. The predicted octanol–water partition coefficient (Wildman–Crippen LogP) is 14.5. The third-order valence-corrected chi connectivity index (χ3v) is 26.0. The first-order valence-corrected chi connectivity index (χ1v) is 39.4. The number of carbonyl (C=O) groups excluding carboxylic acids is 7. The Kier molecular flexibility index (Phi) is 29.0. The first-order chi connectivity index (χ1) is 49.4. The number of carbonyl (C=O) groups is 7. The second-order valence-corrected chi connectivity index (χ2v) is 36.1. The minimum atomic E-state index is -1.08. The van der Waals surface area contributed by atoms with E-state index in [4.69, 9.17) is 65.8 Å². The molecule has 27 heteroatoms. The monoisotopic (exact) mass is 1480 g/mol. The third kappa shape index (κ3) is 23.3. The quantitative estimate of drug-likeness (QED) is 0.0329. The van der Waals surface area contributed by atoms with Gasteiger partial charge in [-0.3, -0.25) is 53.1 Å². The molecule has 3 saturated heterocycles.